The minimum absolute atomic E-state index is 0.237. The lowest BCUT2D eigenvalue weighted by molar-refractivity contribution is -0.0704. The maximum absolute atomic E-state index is 12.8. The van der Waals surface area contributed by atoms with Gasteiger partial charge in [0.25, 0.3) is 12.3 Å². The second-order valence-corrected chi connectivity index (χ2v) is 8.11. The molecule has 0 saturated carbocycles. The van der Waals surface area contributed by atoms with Crippen molar-refractivity contribution in [2.24, 2.45) is 0 Å². The summed E-state index contributed by atoms with van der Waals surface area (Å²) in [7, 11) is 0. The van der Waals surface area contributed by atoms with E-state index in [-0.39, 0.29) is 18.1 Å². The van der Waals surface area contributed by atoms with Crippen LogP contribution in [0.4, 0.5) is 8.78 Å². The third-order valence-electron chi connectivity index (χ3n) is 5.35. The van der Waals surface area contributed by atoms with Gasteiger partial charge in [0.2, 0.25) is 0 Å². The first-order chi connectivity index (χ1) is 14.9. The first-order valence-corrected chi connectivity index (χ1v) is 10.4. The lowest BCUT2D eigenvalue weighted by Gasteiger charge is -2.35. The number of halogens is 2. The number of amides is 1. The Bertz CT molecular complexity index is 1040. The number of imidazole rings is 1. The molecule has 1 saturated heterocycles. The van der Waals surface area contributed by atoms with Crippen molar-refractivity contribution in [1.29, 1.82) is 0 Å². The number of nitrogens with zero attached hydrogens (tertiary/aromatic N) is 2. The highest BCUT2D eigenvalue weighted by atomic mass is 19.3. The van der Waals surface area contributed by atoms with Gasteiger partial charge in [-0.25, -0.2) is 13.8 Å². The zero-order valence-electron chi connectivity index (χ0n) is 17.6. The standard InChI is InChI=1S/C23H26F2N4O2/c1-14-11-29(12-15(2)31-14)13-17-5-3-16(4-6-17)10-26-23(30)18-7-8-19-20(9-18)28-22(27-19)21(24)25/h3-9,14-15,21H,10-13H2,1-2H3,(H,26,30)(H,27,28). The molecule has 8 heteroatoms. The van der Waals surface area contributed by atoms with Gasteiger partial charge in [0.15, 0.2) is 5.82 Å². The number of hydrogen-bond acceptors (Lipinski definition) is 4. The van der Waals surface area contributed by atoms with Crippen molar-refractivity contribution in [2.45, 2.75) is 45.6 Å². The van der Waals surface area contributed by atoms with E-state index in [2.05, 4.69) is 46.2 Å². The van der Waals surface area contributed by atoms with Crippen LogP contribution in [0, 0.1) is 0 Å². The van der Waals surface area contributed by atoms with Gasteiger partial charge >= 0.3 is 0 Å². The molecule has 3 aromatic rings. The Morgan fingerprint density at radius 2 is 1.84 bits per heavy atom. The predicted molar refractivity (Wildman–Crippen MR) is 114 cm³/mol. The molecule has 164 valence electrons. The number of nitrogens with one attached hydrogen (secondary N) is 2. The normalized spacial score (nSPS) is 19.8. The lowest BCUT2D eigenvalue weighted by atomic mass is 10.1. The Labute approximate surface area is 179 Å². The van der Waals surface area contributed by atoms with Gasteiger partial charge in [-0.2, -0.15) is 0 Å². The fraction of sp³-hybridized carbons (Fsp3) is 0.391. The number of fused-ring (bicyclic) bond motifs is 1. The third kappa shape index (κ3) is 5.26. The van der Waals surface area contributed by atoms with Crippen LogP contribution in [0.25, 0.3) is 11.0 Å². The number of aromatic amines is 1. The van der Waals surface area contributed by atoms with Gasteiger partial charge in [-0.3, -0.25) is 9.69 Å². The average molecular weight is 428 g/mol. The van der Waals surface area contributed by atoms with Crippen molar-refractivity contribution in [3.8, 4) is 0 Å². The van der Waals surface area contributed by atoms with E-state index < -0.39 is 12.2 Å². The molecular weight excluding hydrogens is 402 g/mol. The molecule has 2 aromatic carbocycles. The van der Waals surface area contributed by atoms with Crippen LogP contribution in [0.1, 0.15) is 47.6 Å². The fourth-order valence-corrected chi connectivity index (χ4v) is 3.99. The molecule has 4 rings (SSSR count). The van der Waals surface area contributed by atoms with Gasteiger partial charge in [0, 0.05) is 31.7 Å². The number of carbonyl (C=O) groups is 1. The van der Waals surface area contributed by atoms with E-state index in [0.717, 1.165) is 25.2 Å². The molecule has 0 aliphatic carbocycles. The number of hydrogen-bond donors (Lipinski definition) is 2. The molecule has 1 aromatic heterocycles. The Hall–Kier alpha value is -2.84. The molecule has 0 spiro atoms. The van der Waals surface area contributed by atoms with Crippen molar-refractivity contribution >= 4 is 16.9 Å². The van der Waals surface area contributed by atoms with E-state index in [1.165, 1.54) is 11.6 Å². The third-order valence-corrected chi connectivity index (χ3v) is 5.35. The Morgan fingerprint density at radius 3 is 2.52 bits per heavy atom. The Kier molecular flexibility index (Phi) is 6.29. The molecule has 2 N–H and O–H groups in total. The molecule has 0 bridgehead atoms. The van der Waals surface area contributed by atoms with Crippen molar-refractivity contribution < 1.29 is 18.3 Å². The van der Waals surface area contributed by atoms with Crippen molar-refractivity contribution in [3.05, 3.63) is 65.0 Å². The van der Waals surface area contributed by atoms with Crippen LogP contribution in [0.3, 0.4) is 0 Å². The molecule has 1 amide bonds. The summed E-state index contributed by atoms with van der Waals surface area (Å²) in [6, 6.07) is 12.9. The van der Waals surface area contributed by atoms with E-state index in [1.54, 1.807) is 12.1 Å². The predicted octanol–water partition coefficient (Wildman–Crippen LogP) is 4.04. The Balaban J connectivity index is 1.33. The number of benzene rings is 2. The quantitative estimate of drug-likeness (QED) is 0.622. The summed E-state index contributed by atoms with van der Waals surface area (Å²) < 4.78 is 31.4. The topological polar surface area (TPSA) is 70.2 Å². The largest absolute Gasteiger partial charge is 0.373 e. The number of morpholine rings is 1. The molecule has 1 aliphatic heterocycles. The minimum atomic E-state index is -2.68. The van der Waals surface area contributed by atoms with Gasteiger partial charge in [-0.05, 0) is 43.2 Å². The van der Waals surface area contributed by atoms with Crippen LogP contribution in [-0.2, 0) is 17.8 Å². The van der Waals surface area contributed by atoms with Crippen molar-refractivity contribution in [3.63, 3.8) is 0 Å². The van der Waals surface area contributed by atoms with Crippen LogP contribution >= 0.6 is 0 Å². The molecule has 1 fully saturated rings. The first-order valence-electron chi connectivity index (χ1n) is 10.4. The Morgan fingerprint density at radius 1 is 1.16 bits per heavy atom. The fourth-order valence-electron chi connectivity index (χ4n) is 3.99. The van der Waals surface area contributed by atoms with E-state index in [4.69, 9.17) is 4.74 Å². The maximum atomic E-state index is 12.8. The molecule has 2 heterocycles. The molecule has 6 nitrogen and oxygen atoms in total. The molecular formula is C23H26F2N4O2. The lowest BCUT2D eigenvalue weighted by Crippen LogP contribution is -2.44. The summed E-state index contributed by atoms with van der Waals surface area (Å²) in [5.41, 5.74) is 3.43. The molecule has 2 unspecified atom stereocenters. The van der Waals surface area contributed by atoms with E-state index in [0.29, 0.717) is 23.1 Å². The molecule has 0 radical (unpaired) electrons. The van der Waals surface area contributed by atoms with Gasteiger partial charge in [0.1, 0.15) is 0 Å². The van der Waals surface area contributed by atoms with Crippen LogP contribution in [-0.4, -0.2) is 46.1 Å². The molecule has 2 atom stereocenters. The summed E-state index contributed by atoms with van der Waals surface area (Å²) in [5, 5.41) is 2.87. The van der Waals surface area contributed by atoms with Crippen LogP contribution in [0.5, 0.6) is 0 Å². The number of ether oxygens (including phenoxy) is 1. The summed E-state index contributed by atoms with van der Waals surface area (Å²) in [6.07, 6.45) is -2.20. The summed E-state index contributed by atoms with van der Waals surface area (Å²) in [6.45, 7) is 7.28. The van der Waals surface area contributed by atoms with Crippen LogP contribution in [0.2, 0.25) is 0 Å². The smallest absolute Gasteiger partial charge is 0.295 e. The van der Waals surface area contributed by atoms with Gasteiger partial charge in [-0.15, -0.1) is 0 Å². The highest BCUT2D eigenvalue weighted by molar-refractivity contribution is 5.97. The van der Waals surface area contributed by atoms with Gasteiger partial charge in [-0.1, -0.05) is 24.3 Å². The van der Waals surface area contributed by atoms with Crippen LogP contribution in [0.15, 0.2) is 42.5 Å². The first kappa shape index (κ1) is 21.4. The number of H-pyrrole nitrogens is 1. The van der Waals surface area contributed by atoms with Crippen molar-refractivity contribution in [1.82, 2.24) is 20.2 Å². The zero-order chi connectivity index (χ0) is 22.0. The SMILES string of the molecule is CC1CN(Cc2ccc(CNC(=O)c3ccc4nc(C(F)F)[nH]c4c3)cc2)CC(C)O1. The van der Waals surface area contributed by atoms with Gasteiger partial charge in [0.05, 0.1) is 23.2 Å². The maximum Gasteiger partial charge on any atom is 0.295 e. The summed E-state index contributed by atoms with van der Waals surface area (Å²) in [4.78, 5) is 21.2. The zero-order valence-corrected chi connectivity index (χ0v) is 17.6. The van der Waals surface area contributed by atoms with Crippen molar-refractivity contribution in [2.75, 3.05) is 13.1 Å². The summed E-state index contributed by atoms with van der Waals surface area (Å²) in [5.74, 6) is -0.663. The molecule has 31 heavy (non-hydrogen) atoms. The number of aromatic nitrogens is 2. The van der Waals surface area contributed by atoms with E-state index in [1.807, 2.05) is 12.1 Å². The number of rotatable bonds is 6. The van der Waals surface area contributed by atoms with Crippen LogP contribution < -0.4 is 5.32 Å². The van der Waals surface area contributed by atoms with E-state index >= 15 is 0 Å². The second-order valence-electron chi connectivity index (χ2n) is 8.11. The van der Waals surface area contributed by atoms with E-state index in [9.17, 15) is 13.6 Å². The number of alkyl halides is 2. The highest BCUT2D eigenvalue weighted by Gasteiger charge is 2.22. The summed E-state index contributed by atoms with van der Waals surface area (Å²) >= 11 is 0. The second kappa shape index (κ2) is 9.11. The van der Waals surface area contributed by atoms with Gasteiger partial charge < -0.3 is 15.0 Å². The minimum Gasteiger partial charge on any atom is -0.373 e. The monoisotopic (exact) mass is 428 g/mol. The highest BCUT2D eigenvalue weighted by Crippen LogP contribution is 2.21. The average Bonchev–Trinajstić information content (AvgIpc) is 3.16. The molecule has 1 aliphatic rings. The number of carbonyl (C=O) groups excluding carboxylic acids is 1.